The SMILES string of the molecule is CC(C)C[C@H](C(=O)N[C@@H](Cc1ccc(OCc2cccnc2)cc1)C(=O)NC(C)(C)C)N(C)Cc1ccc(C(C)(C)C)cc1. The number of hydrogen-bond donors (Lipinski definition) is 2. The lowest BCUT2D eigenvalue weighted by Gasteiger charge is -2.31. The van der Waals surface area contributed by atoms with E-state index >= 15 is 0 Å². The summed E-state index contributed by atoms with van der Waals surface area (Å²) in [7, 11) is 1.98. The van der Waals surface area contributed by atoms with E-state index < -0.39 is 11.6 Å². The van der Waals surface area contributed by atoms with E-state index in [1.807, 2.05) is 64.2 Å². The molecule has 3 rings (SSSR count). The van der Waals surface area contributed by atoms with Crippen LogP contribution in [0.4, 0.5) is 0 Å². The third kappa shape index (κ3) is 11.4. The summed E-state index contributed by atoms with van der Waals surface area (Å²) in [5, 5.41) is 6.18. The van der Waals surface area contributed by atoms with Gasteiger partial charge >= 0.3 is 0 Å². The zero-order valence-electron chi connectivity index (χ0n) is 28.1. The minimum absolute atomic E-state index is 0.0837. The highest BCUT2D eigenvalue weighted by Gasteiger charge is 2.30. The van der Waals surface area contributed by atoms with Gasteiger partial charge in [0.05, 0.1) is 6.04 Å². The van der Waals surface area contributed by atoms with E-state index in [0.29, 0.717) is 31.9 Å². The quantitative estimate of drug-likeness (QED) is 0.236. The van der Waals surface area contributed by atoms with E-state index in [1.165, 1.54) is 5.56 Å². The molecule has 2 aromatic carbocycles. The second-order valence-electron chi connectivity index (χ2n) is 14.3. The number of nitrogens with zero attached hydrogens (tertiary/aromatic N) is 2. The Morgan fingerprint density at radius 2 is 1.50 bits per heavy atom. The van der Waals surface area contributed by atoms with Crippen molar-refractivity contribution in [1.29, 1.82) is 0 Å². The van der Waals surface area contributed by atoms with Crippen molar-refractivity contribution in [1.82, 2.24) is 20.5 Å². The first-order valence-electron chi connectivity index (χ1n) is 15.6. The van der Waals surface area contributed by atoms with Gasteiger partial charge in [-0.25, -0.2) is 0 Å². The van der Waals surface area contributed by atoms with Crippen LogP contribution in [0.1, 0.15) is 84.1 Å². The lowest BCUT2D eigenvalue weighted by Crippen LogP contribution is -2.56. The maximum Gasteiger partial charge on any atom is 0.243 e. The van der Waals surface area contributed by atoms with E-state index in [1.54, 1.807) is 12.4 Å². The maximum atomic E-state index is 13.9. The van der Waals surface area contributed by atoms with Crippen molar-refractivity contribution >= 4 is 11.8 Å². The fourth-order valence-electron chi connectivity index (χ4n) is 4.98. The maximum absolute atomic E-state index is 13.9. The summed E-state index contributed by atoms with van der Waals surface area (Å²) >= 11 is 0. The van der Waals surface area contributed by atoms with Gasteiger partial charge in [-0.1, -0.05) is 77.1 Å². The molecule has 0 fully saturated rings. The molecule has 2 N–H and O–H groups in total. The van der Waals surface area contributed by atoms with Gasteiger partial charge in [-0.3, -0.25) is 19.5 Å². The number of aromatic nitrogens is 1. The van der Waals surface area contributed by atoms with Gasteiger partial charge in [0, 0.05) is 36.5 Å². The van der Waals surface area contributed by atoms with Crippen molar-refractivity contribution < 1.29 is 14.3 Å². The highest BCUT2D eigenvalue weighted by atomic mass is 16.5. The summed E-state index contributed by atoms with van der Waals surface area (Å²) < 4.78 is 5.90. The summed E-state index contributed by atoms with van der Waals surface area (Å²) in [6.45, 7) is 17.7. The first kappa shape index (κ1) is 34.8. The molecule has 0 aliphatic carbocycles. The fourth-order valence-corrected chi connectivity index (χ4v) is 4.98. The normalized spacial score (nSPS) is 13.4. The molecule has 0 bridgehead atoms. The predicted molar refractivity (Wildman–Crippen MR) is 178 cm³/mol. The van der Waals surface area contributed by atoms with Crippen LogP contribution < -0.4 is 15.4 Å². The van der Waals surface area contributed by atoms with Crippen molar-refractivity contribution in [3.8, 4) is 5.75 Å². The van der Waals surface area contributed by atoms with Gasteiger partial charge in [-0.2, -0.15) is 0 Å². The van der Waals surface area contributed by atoms with Crippen LogP contribution in [0.5, 0.6) is 5.75 Å². The largest absolute Gasteiger partial charge is 0.489 e. The summed E-state index contributed by atoms with van der Waals surface area (Å²) in [4.78, 5) is 33.6. The molecule has 0 spiro atoms. The minimum atomic E-state index is -0.724. The van der Waals surface area contributed by atoms with Crippen molar-refractivity contribution in [3.63, 3.8) is 0 Å². The van der Waals surface area contributed by atoms with Crippen LogP contribution in [0.25, 0.3) is 0 Å². The molecule has 0 unspecified atom stereocenters. The molecule has 0 aliphatic heterocycles. The summed E-state index contributed by atoms with van der Waals surface area (Å²) in [5.74, 6) is 0.688. The molecule has 1 heterocycles. The van der Waals surface area contributed by atoms with Gasteiger partial charge in [-0.05, 0) is 80.5 Å². The molecule has 0 saturated heterocycles. The third-order valence-corrected chi connectivity index (χ3v) is 7.40. The zero-order chi connectivity index (χ0) is 32.5. The average Bonchev–Trinajstić information content (AvgIpc) is 2.94. The van der Waals surface area contributed by atoms with Crippen LogP contribution in [0.3, 0.4) is 0 Å². The van der Waals surface area contributed by atoms with E-state index in [4.69, 9.17) is 4.74 Å². The van der Waals surface area contributed by atoms with E-state index in [9.17, 15) is 9.59 Å². The molecule has 7 nitrogen and oxygen atoms in total. The van der Waals surface area contributed by atoms with E-state index in [2.05, 4.69) is 79.4 Å². The highest BCUT2D eigenvalue weighted by molar-refractivity contribution is 5.90. The Labute approximate surface area is 264 Å². The van der Waals surface area contributed by atoms with Crippen molar-refractivity contribution in [2.75, 3.05) is 7.05 Å². The van der Waals surface area contributed by atoms with E-state index in [-0.39, 0.29) is 23.3 Å². The number of carbonyl (C=O) groups is 2. The van der Waals surface area contributed by atoms with Crippen LogP contribution in [0.15, 0.2) is 73.1 Å². The number of pyridine rings is 1. The molecule has 44 heavy (non-hydrogen) atoms. The number of likely N-dealkylation sites (N-methyl/N-ethyl adjacent to an activating group) is 1. The molecule has 0 radical (unpaired) electrons. The van der Waals surface area contributed by atoms with Crippen LogP contribution in [0, 0.1) is 5.92 Å². The van der Waals surface area contributed by atoms with Crippen molar-refractivity contribution in [3.05, 3.63) is 95.3 Å². The van der Waals surface area contributed by atoms with Gasteiger partial charge in [0.15, 0.2) is 0 Å². The standard InChI is InChI=1S/C37H52N4O3/c1-26(2)21-33(41(9)24-28-12-16-30(17-13-28)36(3,4)5)35(43)39-32(34(42)40-37(6,7)8)22-27-14-18-31(19-15-27)44-25-29-11-10-20-38-23-29/h10-20,23,26,32-33H,21-22,24-25H2,1-9H3,(H,39,43)(H,40,42)/t32-,33+/m0/s1. The number of benzene rings is 2. The second kappa shape index (κ2) is 15.3. The Kier molecular flexibility index (Phi) is 12.1. The number of ether oxygens (including phenoxy) is 1. The fraction of sp³-hybridized carbons (Fsp3) is 0.486. The Hall–Kier alpha value is -3.71. The third-order valence-electron chi connectivity index (χ3n) is 7.40. The Morgan fingerprint density at radius 1 is 0.864 bits per heavy atom. The van der Waals surface area contributed by atoms with Gasteiger partial charge in [0.1, 0.15) is 18.4 Å². The second-order valence-corrected chi connectivity index (χ2v) is 14.3. The molecule has 2 atom stereocenters. The Bertz CT molecular complexity index is 1320. The molecular weight excluding hydrogens is 548 g/mol. The van der Waals surface area contributed by atoms with Crippen LogP contribution >= 0.6 is 0 Å². The van der Waals surface area contributed by atoms with Crippen molar-refractivity contribution in [2.24, 2.45) is 5.92 Å². The highest BCUT2D eigenvalue weighted by Crippen LogP contribution is 2.23. The lowest BCUT2D eigenvalue weighted by atomic mass is 9.86. The smallest absolute Gasteiger partial charge is 0.243 e. The molecule has 3 aromatic rings. The Morgan fingerprint density at radius 3 is 2.05 bits per heavy atom. The van der Waals surface area contributed by atoms with Gasteiger partial charge < -0.3 is 15.4 Å². The summed E-state index contributed by atoms with van der Waals surface area (Å²) in [6, 6.07) is 19.0. The number of carbonyl (C=O) groups excluding carboxylic acids is 2. The monoisotopic (exact) mass is 600 g/mol. The first-order valence-corrected chi connectivity index (χ1v) is 15.6. The molecule has 0 aliphatic rings. The molecular formula is C37H52N4O3. The minimum Gasteiger partial charge on any atom is -0.489 e. The van der Waals surface area contributed by atoms with Gasteiger partial charge in [0.2, 0.25) is 11.8 Å². The molecule has 1 aromatic heterocycles. The number of hydrogen-bond acceptors (Lipinski definition) is 5. The number of nitrogens with one attached hydrogen (secondary N) is 2. The first-order chi connectivity index (χ1) is 20.6. The number of rotatable bonds is 13. The molecule has 0 saturated carbocycles. The van der Waals surface area contributed by atoms with Crippen molar-refractivity contribution in [2.45, 2.75) is 104 Å². The van der Waals surface area contributed by atoms with E-state index in [0.717, 1.165) is 22.4 Å². The van der Waals surface area contributed by atoms with Crippen LogP contribution in [-0.4, -0.2) is 46.4 Å². The van der Waals surface area contributed by atoms with Gasteiger partial charge in [-0.15, -0.1) is 0 Å². The molecule has 238 valence electrons. The predicted octanol–water partition coefficient (Wildman–Crippen LogP) is 6.45. The lowest BCUT2D eigenvalue weighted by molar-refractivity contribution is -0.132. The molecule has 7 heteroatoms. The summed E-state index contributed by atoms with van der Waals surface area (Å²) in [6.07, 6.45) is 4.56. The topological polar surface area (TPSA) is 83.6 Å². The Balaban J connectivity index is 1.74. The van der Waals surface area contributed by atoms with Gasteiger partial charge in [0.25, 0.3) is 0 Å². The zero-order valence-corrected chi connectivity index (χ0v) is 28.1. The summed E-state index contributed by atoms with van der Waals surface area (Å²) in [5.41, 5.74) is 4.00. The number of amides is 2. The molecule has 2 amide bonds. The average molecular weight is 601 g/mol. The van der Waals surface area contributed by atoms with Crippen LogP contribution in [0.2, 0.25) is 0 Å². The van der Waals surface area contributed by atoms with Crippen LogP contribution in [-0.2, 0) is 34.6 Å².